The van der Waals surface area contributed by atoms with Crippen molar-refractivity contribution < 1.29 is 22.4 Å². The first-order valence-electron chi connectivity index (χ1n) is 9.32. The number of rotatable bonds is 6. The Kier molecular flexibility index (Phi) is 6.50. The molecule has 3 N–H and O–H groups in total. The molecule has 28 heavy (non-hydrogen) atoms. The van der Waals surface area contributed by atoms with Crippen LogP contribution in [0, 0.1) is 5.82 Å². The molecule has 2 aliphatic heterocycles. The van der Waals surface area contributed by atoms with Gasteiger partial charge >= 0.3 is 6.03 Å². The third-order valence-corrected chi connectivity index (χ3v) is 6.77. The molecule has 0 aromatic heterocycles. The van der Waals surface area contributed by atoms with Crippen molar-refractivity contribution in [2.24, 2.45) is 0 Å². The average Bonchev–Trinajstić information content (AvgIpc) is 3.27. The Morgan fingerprint density at radius 1 is 1.07 bits per heavy atom. The molecular formula is C18H25FN4O4S. The average molecular weight is 412 g/mol. The predicted octanol–water partition coefficient (Wildman–Crippen LogP) is 0.00250. The number of urea groups is 1. The van der Waals surface area contributed by atoms with Gasteiger partial charge in [-0.1, -0.05) is 12.1 Å². The van der Waals surface area contributed by atoms with Gasteiger partial charge < -0.3 is 16.0 Å². The molecule has 2 fully saturated rings. The number of nitrogens with one attached hydrogen (secondary N) is 3. The summed E-state index contributed by atoms with van der Waals surface area (Å²) in [6.07, 6.45) is 2.07. The van der Waals surface area contributed by atoms with Gasteiger partial charge in [0.1, 0.15) is 5.82 Å². The number of carbonyl (C=O) groups is 2. The highest BCUT2D eigenvalue weighted by Crippen LogP contribution is 2.22. The molecule has 0 spiro atoms. The van der Waals surface area contributed by atoms with Crippen LogP contribution in [-0.2, 0) is 21.2 Å². The van der Waals surface area contributed by atoms with Crippen molar-refractivity contribution in [3.63, 3.8) is 0 Å². The van der Waals surface area contributed by atoms with Crippen LogP contribution in [0.25, 0.3) is 0 Å². The molecule has 2 unspecified atom stereocenters. The van der Waals surface area contributed by atoms with Crippen LogP contribution in [0.5, 0.6) is 0 Å². The second-order valence-corrected chi connectivity index (χ2v) is 9.38. The summed E-state index contributed by atoms with van der Waals surface area (Å²) in [6.45, 7) is 1.64. The van der Waals surface area contributed by atoms with Crippen LogP contribution in [0.3, 0.4) is 0 Å². The Morgan fingerprint density at radius 3 is 2.43 bits per heavy atom. The summed E-state index contributed by atoms with van der Waals surface area (Å²) in [5, 5.41) is 7.77. The summed E-state index contributed by atoms with van der Waals surface area (Å²) in [5.41, 5.74) is 0.727. The molecule has 10 heteroatoms. The number of benzene rings is 1. The molecule has 1 aromatic carbocycles. The molecule has 0 saturated carbocycles. The van der Waals surface area contributed by atoms with E-state index in [1.165, 1.54) is 12.1 Å². The highest BCUT2D eigenvalue weighted by Gasteiger charge is 2.42. The Balaban J connectivity index is 1.43. The molecule has 0 aliphatic carbocycles. The Hall–Kier alpha value is -2.20. The zero-order valence-corrected chi connectivity index (χ0v) is 16.3. The number of halogens is 1. The molecular weight excluding hydrogens is 387 g/mol. The summed E-state index contributed by atoms with van der Waals surface area (Å²) in [6, 6.07) is 4.52. The molecule has 8 nitrogen and oxygen atoms in total. The van der Waals surface area contributed by atoms with Crippen molar-refractivity contribution in [3.05, 3.63) is 35.6 Å². The van der Waals surface area contributed by atoms with E-state index >= 15 is 0 Å². The second-order valence-electron chi connectivity index (χ2n) is 7.22. The lowest BCUT2D eigenvalue weighted by molar-refractivity contribution is -0.121. The van der Waals surface area contributed by atoms with Gasteiger partial charge in [0.15, 0.2) is 9.84 Å². The monoisotopic (exact) mass is 412 g/mol. The van der Waals surface area contributed by atoms with E-state index in [0.29, 0.717) is 0 Å². The maximum atomic E-state index is 12.9. The SMILES string of the molecule is O=C(CNC(=O)NCc1ccc(F)cc1)NC1CS(=O)(=O)CC1N1CCCC1. The van der Waals surface area contributed by atoms with Crippen molar-refractivity contribution in [3.8, 4) is 0 Å². The summed E-state index contributed by atoms with van der Waals surface area (Å²) < 4.78 is 36.9. The van der Waals surface area contributed by atoms with Crippen molar-refractivity contribution in [2.45, 2.75) is 31.5 Å². The van der Waals surface area contributed by atoms with Crippen LogP contribution in [0.2, 0.25) is 0 Å². The molecule has 2 saturated heterocycles. The van der Waals surface area contributed by atoms with Crippen molar-refractivity contribution >= 4 is 21.8 Å². The van der Waals surface area contributed by atoms with Gasteiger partial charge in [0, 0.05) is 12.6 Å². The normalized spacial score (nSPS) is 24.0. The fraction of sp³-hybridized carbons (Fsp3) is 0.556. The van der Waals surface area contributed by atoms with Gasteiger partial charge in [-0.15, -0.1) is 0 Å². The first-order valence-corrected chi connectivity index (χ1v) is 11.1. The maximum absolute atomic E-state index is 12.9. The molecule has 2 atom stereocenters. The first kappa shape index (κ1) is 20.5. The van der Waals surface area contributed by atoms with Gasteiger partial charge in [0.25, 0.3) is 0 Å². The van der Waals surface area contributed by atoms with E-state index in [0.717, 1.165) is 31.5 Å². The molecule has 2 heterocycles. The Labute approximate surface area is 163 Å². The van der Waals surface area contributed by atoms with E-state index in [1.807, 2.05) is 0 Å². The summed E-state index contributed by atoms with van der Waals surface area (Å²) in [4.78, 5) is 26.1. The maximum Gasteiger partial charge on any atom is 0.315 e. The predicted molar refractivity (Wildman–Crippen MR) is 102 cm³/mol. The largest absolute Gasteiger partial charge is 0.349 e. The summed E-state index contributed by atoms with van der Waals surface area (Å²) in [5.74, 6) is -0.797. The minimum Gasteiger partial charge on any atom is -0.349 e. The van der Waals surface area contributed by atoms with E-state index in [-0.39, 0.29) is 36.5 Å². The standard InChI is InChI=1S/C18H25FN4O4S/c19-14-5-3-13(4-6-14)9-20-18(25)21-10-17(24)22-15-11-28(26,27)12-16(15)23-7-1-2-8-23/h3-6,15-16H,1-2,7-12H2,(H,22,24)(H2,20,21,25). The number of amides is 3. The van der Waals surface area contributed by atoms with Crippen molar-refractivity contribution in [2.75, 3.05) is 31.1 Å². The van der Waals surface area contributed by atoms with E-state index in [1.54, 1.807) is 12.1 Å². The van der Waals surface area contributed by atoms with Gasteiger partial charge in [-0.3, -0.25) is 9.69 Å². The van der Waals surface area contributed by atoms with Crippen LogP contribution in [0.15, 0.2) is 24.3 Å². The number of hydrogen-bond donors (Lipinski definition) is 3. The third-order valence-electron chi connectivity index (χ3n) is 5.05. The molecule has 1 aromatic rings. The van der Waals surface area contributed by atoms with E-state index in [9.17, 15) is 22.4 Å². The van der Waals surface area contributed by atoms with Crippen molar-refractivity contribution in [1.29, 1.82) is 0 Å². The van der Waals surface area contributed by atoms with Crippen LogP contribution >= 0.6 is 0 Å². The summed E-state index contributed by atoms with van der Waals surface area (Å²) >= 11 is 0. The lowest BCUT2D eigenvalue weighted by Gasteiger charge is -2.28. The lowest BCUT2D eigenvalue weighted by Crippen LogP contribution is -2.52. The number of hydrogen-bond acceptors (Lipinski definition) is 5. The second kappa shape index (κ2) is 8.87. The van der Waals surface area contributed by atoms with Gasteiger partial charge in [0.05, 0.1) is 24.1 Å². The third kappa shape index (κ3) is 5.65. The van der Waals surface area contributed by atoms with Crippen LogP contribution in [0.1, 0.15) is 18.4 Å². The van der Waals surface area contributed by atoms with E-state index < -0.39 is 27.8 Å². The highest BCUT2D eigenvalue weighted by molar-refractivity contribution is 7.91. The minimum absolute atomic E-state index is 0.0591. The van der Waals surface area contributed by atoms with Crippen LogP contribution in [0.4, 0.5) is 9.18 Å². The molecule has 154 valence electrons. The smallest absolute Gasteiger partial charge is 0.315 e. The number of nitrogens with zero attached hydrogens (tertiary/aromatic N) is 1. The topological polar surface area (TPSA) is 108 Å². The van der Waals surface area contributed by atoms with Crippen molar-refractivity contribution in [1.82, 2.24) is 20.9 Å². The minimum atomic E-state index is -3.18. The fourth-order valence-corrected chi connectivity index (χ4v) is 5.62. The van der Waals surface area contributed by atoms with E-state index in [2.05, 4.69) is 20.9 Å². The number of carbonyl (C=O) groups excluding carboxylic acids is 2. The summed E-state index contributed by atoms with van der Waals surface area (Å²) in [7, 11) is -3.18. The Morgan fingerprint density at radius 2 is 1.75 bits per heavy atom. The quantitative estimate of drug-likeness (QED) is 0.610. The molecule has 0 bridgehead atoms. The van der Waals surface area contributed by atoms with Gasteiger partial charge in [-0.2, -0.15) is 0 Å². The van der Waals surface area contributed by atoms with Crippen LogP contribution in [-0.4, -0.2) is 68.5 Å². The fourth-order valence-electron chi connectivity index (χ4n) is 3.67. The Bertz CT molecular complexity index is 809. The van der Waals surface area contributed by atoms with Gasteiger partial charge in [-0.05, 0) is 43.6 Å². The number of likely N-dealkylation sites (tertiary alicyclic amines) is 1. The zero-order chi connectivity index (χ0) is 20.1. The number of sulfone groups is 1. The first-order chi connectivity index (χ1) is 13.3. The van der Waals surface area contributed by atoms with Crippen LogP contribution < -0.4 is 16.0 Å². The molecule has 2 aliphatic rings. The lowest BCUT2D eigenvalue weighted by atomic mass is 10.1. The van der Waals surface area contributed by atoms with E-state index in [4.69, 9.17) is 0 Å². The highest BCUT2D eigenvalue weighted by atomic mass is 32.2. The molecule has 3 amide bonds. The zero-order valence-electron chi connectivity index (χ0n) is 15.5. The molecule has 0 radical (unpaired) electrons. The molecule has 3 rings (SSSR count). The van der Waals surface area contributed by atoms with Gasteiger partial charge in [-0.25, -0.2) is 17.6 Å². The van der Waals surface area contributed by atoms with Gasteiger partial charge in [0.2, 0.25) is 5.91 Å².